The summed E-state index contributed by atoms with van der Waals surface area (Å²) >= 11 is 1.67. The Bertz CT molecular complexity index is 1130. The van der Waals surface area contributed by atoms with E-state index < -0.39 is 0 Å². The zero-order valence-corrected chi connectivity index (χ0v) is 17.6. The number of aromatic nitrogens is 3. The molecule has 0 N–H and O–H groups in total. The predicted octanol–water partition coefficient (Wildman–Crippen LogP) is 5.50. The highest BCUT2D eigenvalue weighted by atomic mass is 32.2. The summed E-state index contributed by atoms with van der Waals surface area (Å²) in [4.78, 5) is 0. The molecule has 5 nitrogen and oxygen atoms in total. The third-order valence-electron chi connectivity index (χ3n) is 4.77. The molecule has 0 saturated carbocycles. The first-order valence-electron chi connectivity index (χ1n) is 9.67. The molecule has 0 atom stereocenters. The number of methoxy groups -OCH3 is 1. The summed E-state index contributed by atoms with van der Waals surface area (Å²) in [6, 6.07) is 22.3. The number of rotatable bonds is 9. The Morgan fingerprint density at radius 1 is 0.967 bits per heavy atom. The van der Waals surface area contributed by atoms with Gasteiger partial charge in [-0.15, -0.1) is 16.8 Å². The lowest BCUT2D eigenvalue weighted by molar-refractivity contribution is 0.288. The molecule has 3 aromatic carbocycles. The summed E-state index contributed by atoms with van der Waals surface area (Å²) in [5.74, 6) is 3.14. The minimum Gasteiger partial charge on any atom is -0.497 e. The monoisotopic (exact) mass is 417 g/mol. The Morgan fingerprint density at radius 3 is 2.53 bits per heavy atom. The Hall–Kier alpha value is -3.25. The minimum atomic E-state index is 0.335. The van der Waals surface area contributed by atoms with Crippen molar-refractivity contribution in [3.63, 3.8) is 0 Å². The van der Waals surface area contributed by atoms with Crippen molar-refractivity contribution >= 4 is 22.5 Å². The van der Waals surface area contributed by atoms with Crippen LogP contribution >= 0.6 is 11.8 Å². The van der Waals surface area contributed by atoms with Gasteiger partial charge in [-0.2, -0.15) is 0 Å². The molecule has 0 amide bonds. The van der Waals surface area contributed by atoms with E-state index >= 15 is 0 Å². The van der Waals surface area contributed by atoms with E-state index in [1.165, 1.54) is 16.3 Å². The number of benzene rings is 3. The zero-order valence-electron chi connectivity index (χ0n) is 16.8. The average molecular weight is 418 g/mol. The highest BCUT2D eigenvalue weighted by Gasteiger charge is 2.13. The number of nitrogens with zero attached hydrogens (tertiary/aromatic N) is 3. The molecule has 1 aromatic heterocycles. The van der Waals surface area contributed by atoms with E-state index in [1.807, 2.05) is 34.9 Å². The second kappa shape index (κ2) is 9.50. The topological polar surface area (TPSA) is 49.2 Å². The van der Waals surface area contributed by atoms with Crippen LogP contribution in [-0.4, -0.2) is 21.9 Å². The van der Waals surface area contributed by atoms with Crippen molar-refractivity contribution in [2.75, 3.05) is 7.11 Å². The summed E-state index contributed by atoms with van der Waals surface area (Å²) in [7, 11) is 1.64. The van der Waals surface area contributed by atoms with Crippen LogP contribution in [0, 0.1) is 0 Å². The van der Waals surface area contributed by atoms with Gasteiger partial charge < -0.3 is 9.47 Å². The van der Waals surface area contributed by atoms with E-state index in [-0.39, 0.29) is 0 Å². The Labute approximate surface area is 180 Å². The lowest BCUT2D eigenvalue weighted by Gasteiger charge is -2.10. The highest BCUT2D eigenvalue weighted by Crippen LogP contribution is 2.27. The second-order valence-corrected chi connectivity index (χ2v) is 7.63. The summed E-state index contributed by atoms with van der Waals surface area (Å²) in [5, 5.41) is 12.1. The van der Waals surface area contributed by atoms with Gasteiger partial charge in [0, 0.05) is 12.3 Å². The second-order valence-electron chi connectivity index (χ2n) is 6.69. The van der Waals surface area contributed by atoms with E-state index in [2.05, 4.69) is 59.2 Å². The number of hydrogen-bond acceptors (Lipinski definition) is 5. The van der Waals surface area contributed by atoms with Crippen molar-refractivity contribution in [2.24, 2.45) is 0 Å². The lowest BCUT2D eigenvalue weighted by atomic mass is 10.1. The van der Waals surface area contributed by atoms with E-state index in [0.717, 1.165) is 28.2 Å². The Kier molecular flexibility index (Phi) is 6.35. The number of ether oxygens (including phenoxy) is 2. The van der Waals surface area contributed by atoms with Crippen molar-refractivity contribution < 1.29 is 9.47 Å². The molecule has 0 bridgehead atoms. The quantitative estimate of drug-likeness (QED) is 0.266. The minimum absolute atomic E-state index is 0.335. The molecule has 1 heterocycles. The van der Waals surface area contributed by atoms with Gasteiger partial charge >= 0.3 is 0 Å². The molecular formula is C24H23N3O2S. The molecule has 0 saturated heterocycles. The summed E-state index contributed by atoms with van der Waals surface area (Å²) in [6.45, 7) is 4.84. The van der Waals surface area contributed by atoms with Crippen LogP contribution in [0.15, 0.2) is 84.5 Å². The maximum Gasteiger partial charge on any atom is 0.191 e. The van der Waals surface area contributed by atoms with Crippen molar-refractivity contribution in [1.29, 1.82) is 0 Å². The summed E-state index contributed by atoms with van der Waals surface area (Å²) in [6.07, 6.45) is 1.85. The molecule has 152 valence electrons. The maximum atomic E-state index is 5.89. The van der Waals surface area contributed by atoms with Gasteiger partial charge in [-0.3, -0.25) is 4.57 Å². The van der Waals surface area contributed by atoms with Crippen molar-refractivity contribution in [3.8, 4) is 11.5 Å². The van der Waals surface area contributed by atoms with Crippen LogP contribution in [0.25, 0.3) is 10.8 Å². The molecule has 6 heteroatoms. The van der Waals surface area contributed by atoms with Gasteiger partial charge in [-0.1, -0.05) is 60.3 Å². The average Bonchev–Trinajstić information content (AvgIpc) is 3.18. The van der Waals surface area contributed by atoms with E-state index in [1.54, 1.807) is 18.9 Å². The van der Waals surface area contributed by atoms with Gasteiger partial charge in [-0.05, 0) is 40.6 Å². The Balaban J connectivity index is 1.48. The molecule has 0 aliphatic heterocycles. The molecule has 4 aromatic rings. The molecule has 30 heavy (non-hydrogen) atoms. The first-order chi connectivity index (χ1) is 14.8. The van der Waals surface area contributed by atoms with Crippen LogP contribution in [-0.2, 0) is 18.9 Å². The van der Waals surface area contributed by atoms with Crippen molar-refractivity contribution in [1.82, 2.24) is 14.8 Å². The fourth-order valence-electron chi connectivity index (χ4n) is 3.23. The summed E-state index contributed by atoms with van der Waals surface area (Å²) < 4.78 is 13.1. The molecule has 0 aliphatic rings. The Morgan fingerprint density at radius 2 is 1.73 bits per heavy atom. The SMILES string of the molecule is C=CCn1c(COc2ccc(OC)cc2)nnc1SCc1cccc2ccccc12. The molecule has 0 unspecified atom stereocenters. The van der Waals surface area contributed by atoms with Crippen molar-refractivity contribution in [3.05, 3.63) is 90.8 Å². The van der Waals surface area contributed by atoms with E-state index in [4.69, 9.17) is 9.47 Å². The van der Waals surface area contributed by atoms with Crippen LogP contribution in [0.2, 0.25) is 0 Å². The fourth-order valence-corrected chi connectivity index (χ4v) is 4.20. The van der Waals surface area contributed by atoms with Gasteiger partial charge in [0.2, 0.25) is 0 Å². The van der Waals surface area contributed by atoms with Gasteiger partial charge in [0.1, 0.15) is 18.1 Å². The number of fused-ring (bicyclic) bond motifs is 1. The largest absolute Gasteiger partial charge is 0.497 e. The van der Waals surface area contributed by atoms with Gasteiger partial charge in [0.05, 0.1) is 7.11 Å². The first-order valence-corrected chi connectivity index (χ1v) is 10.7. The molecule has 0 spiro atoms. The van der Waals surface area contributed by atoms with Gasteiger partial charge in [-0.25, -0.2) is 0 Å². The molecule has 0 aliphatic carbocycles. The molecule has 0 radical (unpaired) electrons. The molecule has 0 fully saturated rings. The van der Waals surface area contributed by atoms with Gasteiger partial charge in [0.25, 0.3) is 0 Å². The zero-order chi connectivity index (χ0) is 20.8. The van der Waals surface area contributed by atoms with Crippen molar-refractivity contribution in [2.45, 2.75) is 24.1 Å². The van der Waals surface area contributed by atoms with Crippen LogP contribution in [0.1, 0.15) is 11.4 Å². The fraction of sp³-hybridized carbons (Fsp3) is 0.167. The third-order valence-corrected chi connectivity index (χ3v) is 5.78. The smallest absolute Gasteiger partial charge is 0.191 e. The van der Waals surface area contributed by atoms with Crippen LogP contribution in [0.5, 0.6) is 11.5 Å². The highest BCUT2D eigenvalue weighted by molar-refractivity contribution is 7.98. The number of thioether (sulfide) groups is 1. The van der Waals surface area contributed by atoms with E-state index in [9.17, 15) is 0 Å². The first kappa shape index (κ1) is 20.0. The number of hydrogen-bond donors (Lipinski definition) is 0. The third kappa shape index (κ3) is 4.49. The molecule has 4 rings (SSSR count). The maximum absolute atomic E-state index is 5.89. The van der Waals surface area contributed by atoms with Crippen LogP contribution in [0.4, 0.5) is 0 Å². The van der Waals surface area contributed by atoms with Crippen LogP contribution < -0.4 is 9.47 Å². The van der Waals surface area contributed by atoms with Crippen LogP contribution in [0.3, 0.4) is 0 Å². The predicted molar refractivity (Wildman–Crippen MR) is 121 cm³/mol. The molecular weight excluding hydrogens is 394 g/mol. The number of allylic oxidation sites excluding steroid dienone is 1. The van der Waals surface area contributed by atoms with E-state index in [0.29, 0.717) is 13.2 Å². The summed E-state index contributed by atoms with van der Waals surface area (Å²) in [5.41, 5.74) is 1.28. The standard InChI is InChI=1S/C24H23N3O2S/c1-3-15-27-23(16-29-21-13-11-20(28-2)12-14-21)25-26-24(27)30-17-19-9-6-8-18-7-4-5-10-22(18)19/h3-14H,1,15-17H2,2H3. The van der Waals surface area contributed by atoms with Gasteiger partial charge in [0.15, 0.2) is 11.0 Å². The lowest BCUT2D eigenvalue weighted by Crippen LogP contribution is -2.07. The normalized spacial score (nSPS) is 10.8.